The highest BCUT2D eigenvalue weighted by Crippen LogP contribution is 2.14. The van der Waals surface area contributed by atoms with Gasteiger partial charge in [-0.2, -0.15) is 4.31 Å². The van der Waals surface area contributed by atoms with Gasteiger partial charge in [0.1, 0.15) is 0 Å². The van der Waals surface area contributed by atoms with Gasteiger partial charge < -0.3 is 10.6 Å². The average molecular weight is 297 g/mol. The molecule has 2 rings (SSSR count). The minimum Gasteiger partial charge on any atom is -0.326 e. The largest absolute Gasteiger partial charge is 0.326 e. The van der Waals surface area contributed by atoms with Gasteiger partial charge in [-0.15, -0.1) is 0 Å². The molecule has 0 atom stereocenters. The lowest BCUT2D eigenvalue weighted by atomic mass is 10.1. The van der Waals surface area contributed by atoms with Crippen molar-refractivity contribution in [2.45, 2.75) is 19.2 Å². The van der Waals surface area contributed by atoms with Crippen LogP contribution in [0.25, 0.3) is 0 Å². The number of piperazine rings is 1. The minimum absolute atomic E-state index is 0.0625. The van der Waals surface area contributed by atoms with Crippen LogP contribution in [0.4, 0.5) is 0 Å². The molecule has 112 valence electrons. The molecular weight excluding hydrogens is 274 g/mol. The van der Waals surface area contributed by atoms with Crippen LogP contribution in [-0.4, -0.2) is 50.3 Å². The van der Waals surface area contributed by atoms with Gasteiger partial charge >= 0.3 is 0 Å². The number of nitrogens with zero attached hydrogens (tertiary/aromatic N) is 2. The molecule has 0 amide bonds. The van der Waals surface area contributed by atoms with Crippen LogP contribution >= 0.6 is 0 Å². The molecule has 1 aliphatic rings. The highest BCUT2D eigenvalue weighted by molar-refractivity contribution is 7.88. The fourth-order valence-corrected chi connectivity index (χ4v) is 3.98. The molecule has 1 saturated heterocycles. The van der Waals surface area contributed by atoms with E-state index >= 15 is 0 Å². The van der Waals surface area contributed by atoms with Gasteiger partial charge in [0.05, 0.1) is 5.75 Å². The van der Waals surface area contributed by atoms with Crippen LogP contribution in [0.15, 0.2) is 24.3 Å². The number of nitrogens with two attached hydrogens (primary N) is 1. The summed E-state index contributed by atoms with van der Waals surface area (Å²) < 4.78 is 26.5. The van der Waals surface area contributed by atoms with Crippen molar-refractivity contribution in [1.82, 2.24) is 9.21 Å². The smallest absolute Gasteiger partial charge is 0.218 e. The Morgan fingerprint density at radius 1 is 1.15 bits per heavy atom. The maximum absolute atomic E-state index is 12.4. The number of hydrogen-bond donors (Lipinski definition) is 1. The van der Waals surface area contributed by atoms with E-state index in [0.717, 1.165) is 30.8 Å². The molecule has 0 spiro atoms. The van der Waals surface area contributed by atoms with E-state index in [-0.39, 0.29) is 5.75 Å². The monoisotopic (exact) mass is 297 g/mol. The first-order valence-corrected chi connectivity index (χ1v) is 8.64. The van der Waals surface area contributed by atoms with Crippen molar-refractivity contribution >= 4 is 10.0 Å². The Morgan fingerprint density at radius 3 is 2.40 bits per heavy atom. The Bertz CT molecular complexity index is 537. The van der Waals surface area contributed by atoms with E-state index in [1.54, 1.807) is 4.31 Å². The first-order valence-electron chi connectivity index (χ1n) is 7.03. The second-order valence-electron chi connectivity index (χ2n) is 5.11. The minimum atomic E-state index is -3.23. The van der Waals surface area contributed by atoms with Crippen LogP contribution in [0.3, 0.4) is 0 Å². The maximum atomic E-state index is 12.4. The van der Waals surface area contributed by atoms with Crippen molar-refractivity contribution in [3.63, 3.8) is 0 Å². The van der Waals surface area contributed by atoms with E-state index in [1.165, 1.54) is 0 Å². The van der Waals surface area contributed by atoms with Crippen LogP contribution in [0.2, 0.25) is 0 Å². The van der Waals surface area contributed by atoms with E-state index in [9.17, 15) is 8.42 Å². The average Bonchev–Trinajstić information content (AvgIpc) is 2.47. The second kappa shape index (κ2) is 6.67. The lowest BCUT2D eigenvalue weighted by Gasteiger charge is -2.33. The quantitative estimate of drug-likeness (QED) is 0.865. The number of likely N-dealkylation sites (N-methyl/N-ethyl adjacent to an activating group) is 1. The molecular formula is C14H23N3O2S. The summed E-state index contributed by atoms with van der Waals surface area (Å²) >= 11 is 0. The zero-order valence-electron chi connectivity index (χ0n) is 12.0. The zero-order valence-corrected chi connectivity index (χ0v) is 12.8. The van der Waals surface area contributed by atoms with Crippen LogP contribution < -0.4 is 5.73 Å². The summed E-state index contributed by atoms with van der Waals surface area (Å²) in [5, 5.41) is 0. The summed E-state index contributed by atoms with van der Waals surface area (Å²) in [7, 11) is -3.23. The fourth-order valence-electron chi connectivity index (χ4n) is 2.47. The van der Waals surface area contributed by atoms with Crippen molar-refractivity contribution < 1.29 is 8.42 Å². The highest BCUT2D eigenvalue weighted by Gasteiger charge is 2.26. The van der Waals surface area contributed by atoms with Crippen LogP contribution in [0.5, 0.6) is 0 Å². The molecule has 1 heterocycles. The third-order valence-electron chi connectivity index (χ3n) is 3.75. The Morgan fingerprint density at radius 2 is 1.80 bits per heavy atom. The van der Waals surface area contributed by atoms with Crippen LogP contribution in [0.1, 0.15) is 18.1 Å². The molecule has 6 heteroatoms. The number of rotatable bonds is 5. The molecule has 1 aromatic rings. The van der Waals surface area contributed by atoms with Gasteiger partial charge in [0.25, 0.3) is 0 Å². The van der Waals surface area contributed by atoms with Crippen molar-refractivity contribution in [2.24, 2.45) is 5.73 Å². The van der Waals surface area contributed by atoms with E-state index in [2.05, 4.69) is 11.8 Å². The van der Waals surface area contributed by atoms with Gasteiger partial charge in [-0.25, -0.2) is 8.42 Å². The fraction of sp³-hybridized carbons (Fsp3) is 0.571. The summed E-state index contributed by atoms with van der Waals surface area (Å²) in [6.45, 7) is 6.33. The van der Waals surface area contributed by atoms with Gasteiger partial charge in [-0.1, -0.05) is 31.2 Å². The van der Waals surface area contributed by atoms with Gasteiger partial charge in [0, 0.05) is 32.7 Å². The Kier molecular flexibility index (Phi) is 5.15. The topological polar surface area (TPSA) is 66.6 Å². The summed E-state index contributed by atoms with van der Waals surface area (Å²) in [6, 6.07) is 7.50. The summed E-state index contributed by atoms with van der Waals surface area (Å²) in [5.41, 5.74) is 7.37. The predicted molar refractivity (Wildman–Crippen MR) is 80.6 cm³/mol. The van der Waals surface area contributed by atoms with Crippen molar-refractivity contribution in [3.8, 4) is 0 Å². The van der Waals surface area contributed by atoms with E-state index in [0.29, 0.717) is 19.6 Å². The summed E-state index contributed by atoms with van der Waals surface area (Å²) in [4.78, 5) is 2.26. The van der Waals surface area contributed by atoms with Crippen molar-refractivity contribution in [2.75, 3.05) is 32.7 Å². The number of hydrogen-bond acceptors (Lipinski definition) is 4. The molecule has 2 N–H and O–H groups in total. The standard InChI is InChI=1S/C14H23N3O2S/c1-2-16-6-8-17(9-7-16)20(18,19)12-14-5-3-4-13(10-14)11-15/h3-5,10H,2,6-9,11-12,15H2,1H3. The number of sulfonamides is 1. The molecule has 5 nitrogen and oxygen atoms in total. The van der Waals surface area contributed by atoms with Crippen molar-refractivity contribution in [3.05, 3.63) is 35.4 Å². The van der Waals surface area contributed by atoms with E-state index in [1.807, 2.05) is 24.3 Å². The van der Waals surface area contributed by atoms with Gasteiger partial charge in [-0.05, 0) is 17.7 Å². The molecule has 1 aromatic carbocycles. The summed E-state index contributed by atoms with van der Waals surface area (Å²) in [6.07, 6.45) is 0. The Hall–Kier alpha value is -0.950. The lowest BCUT2D eigenvalue weighted by Crippen LogP contribution is -2.48. The highest BCUT2D eigenvalue weighted by atomic mass is 32.2. The maximum Gasteiger partial charge on any atom is 0.218 e. The molecule has 20 heavy (non-hydrogen) atoms. The van der Waals surface area contributed by atoms with Crippen molar-refractivity contribution in [1.29, 1.82) is 0 Å². The third-order valence-corrected chi connectivity index (χ3v) is 5.60. The predicted octanol–water partition coefficient (Wildman–Crippen LogP) is 0.613. The van der Waals surface area contributed by atoms with E-state index in [4.69, 9.17) is 5.73 Å². The normalized spacial score (nSPS) is 18.3. The second-order valence-corrected chi connectivity index (χ2v) is 7.08. The summed E-state index contributed by atoms with van der Waals surface area (Å²) in [5.74, 6) is 0.0625. The van der Waals surface area contributed by atoms with Crippen LogP contribution in [0, 0.1) is 0 Å². The SMILES string of the molecule is CCN1CCN(S(=O)(=O)Cc2cccc(CN)c2)CC1. The van der Waals surface area contributed by atoms with Gasteiger partial charge in [-0.3, -0.25) is 0 Å². The molecule has 0 bridgehead atoms. The molecule has 0 aromatic heterocycles. The Balaban J connectivity index is 2.03. The van der Waals surface area contributed by atoms with E-state index < -0.39 is 10.0 Å². The molecule has 0 saturated carbocycles. The number of benzene rings is 1. The molecule has 0 unspecified atom stereocenters. The molecule has 0 aliphatic carbocycles. The molecule has 1 aliphatic heterocycles. The molecule has 1 fully saturated rings. The van der Waals surface area contributed by atoms with Gasteiger partial charge in [0.2, 0.25) is 10.0 Å². The first kappa shape index (κ1) is 15.4. The lowest BCUT2D eigenvalue weighted by molar-refractivity contribution is 0.196. The third kappa shape index (κ3) is 3.79. The Labute approximate surface area is 121 Å². The zero-order chi connectivity index (χ0) is 14.6. The first-order chi connectivity index (χ1) is 9.55. The van der Waals surface area contributed by atoms with Crippen LogP contribution in [-0.2, 0) is 22.3 Å². The van der Waals surface area contributed by atoms with Gasteiger partial charge in [0.15, 0.2) is 0 Å². The molecule has 0 radical (unpaired) electrons.